The van der Waals surface area contributed by atoms with Crippen molar-refractivity contribution in [1.82, 2.24) is 9.03 Å². The summed E-state index contributed by atoms with van der Waals surface area (Å²) < 4.78 is 25.6. The van der Waals surface area contributed by atoms with E-state index < -0.39 is 16.1 Å². The van der Waals surface area contributed by atoms with Gasteiger partial charge in [-0.05, 0) is 12.0 Å². The minimum Gasteiger partial charge on any atom is -0.274 e. The van der Waals surface area contributed by atoms with Gasteiger partial charge in [-0.15, -0.1) is 0 Å². The lowest BCUT2D eigenvalue weighted by atomic mass is 10.1. The van der Waals surface area contributed by atoms with Crippen molar-refractivity contribution in [2.45, 2.75) is 12.8 Å². The summed E-state index contributed by atoms with van der Waals surface area (Å²) in [6.07, 6.45) is 0.673. The third kappa shape index (κ3) is 4.54. The summed E-state index contributed by atoms with van der Waals surface area (Å²) in [7, 11) is -0.932. The van der Waals surface area contributed by atoms with Crippen LogP contribution in [0.2, 0.25) is 0 Å². The van der Waals surface area contributed by atoms with Crippen LogP contribution in [0.15, 0.2) is 30.3 Å². The standard InChI is InChI=1S/C11H16N2O3S/c1-13(2)17(15,16)12-11(14)9-8-10-6-4-3-5-7-10/h3-7H,8-9H2,1-2H3,(H,12,14). The molecule has 0 aliphatic rings. The number of hydrogen-bond donors (Lipinski definition) is 1. The van der Waals surface area contributed by atoms with Gasteiger partial charge in [-0.2, -0.15) is 12.7 Å². The molecule has 6 heteroatoms. The van der Waals surface area contributed by atoms with Crippen molar-refractivity contribution >= 4 is 16.1 Å². The van der Waals surface area contributed by atoms with E-state index in [-0.39, 0.29) is 6.42 Å². The molecule has 0 aliphatic carbocycles. The molecule has 1 amide bonds. The van der Waals surface area contributed by atoms with Gasteiger partial charge in [-0.3, -0.25) is 4.79 Å². The zero-order valence-electron chi connectivity index (χ0n) is 9.88. The maximum atomic E-state index is 11.4. The number of aryl methyl sites for hydroxylation is 1. The quantitative estimate of drug-likeness (QED) is 0.836. The summed E-state index contributed by atoms with van der Waals surface area (Å²) >= 11 is 0. The van der Waals surface area contributed by atoms with E-state index in [1.165, 1.54) is 14.1 Å². The Labute approximate surface area is 102 Å². The van der Waals surface area contributed by atoms with E-state index in [2.05, 4.69) is 0 Å². The van der Waals surface area contributed by atoms with Crippen molar-refractivity contribution in [3.05, 3.63) is 35.9 Å². The van der Waals surface area contributed by atoms with Crippen LogP contribution in [0.4, 0.5) is 0 Å². The van der Waals surface area contributed by atoms with Crippen molar-refractivity contribution in [1.29, 1.82) is 0 Å². The van der Waals surface area contributed by atoms with Crippen LogP contribution in [-0.2, 0) is 21.4 Å². The second-order valence-corrected chi connectivity index (χ2v) is 5.68. The molecule has 1 aromatic rings. The van der Waals surface area contributed by atoms with Crippen LogP contribution in [0.25, 0.3) is 0 Å². The Morgan fingerprint density at radius 1 is 1.24 bits per heavy atom. The topological polar surface area (TPSA) is 66.5 Å². The Morgan fingerprint density at radius 3 is 2.35 bits per heavy atom. The zero-order chi connectivity index (χ0) is 12.9. The molecule has 0 aliphatic heterocycles. The second kappa shape index (κ2) is 5.79. The fourth-order valence-electron chi connectivity index (χ4n) is 1.19. The summed E-state index contributed by atoms with van der Waals surface area (Å²) in [5.41, 5.74) is 1.00. The molecule has 0 heterocycles. The Bertz CT molecular complexity index is 469. The number of benzene rings is 1. The highest BCUT2D eigenvalue weighted by atomic mass is 32.2. The number of carbonyl (C=O) groups excluding carboxylic acids is 1. The highest BCUT2D eigenvalue weighted by Crippen LogP contribution is 2.02. The number of nitrogens with one attached hydrogen (secondary N) is 1. The van der Waals surface area contributed by atoms with Gasteiger partial charge in [-0.1, -0.05) is 30.3 Å². The van der Waals surface area contributed by atoms with Gasteiger partial charge in [0.1, 0.15) is 0 Å². The minimum atomic E-state index is -3.67. The summed E-state index contributed by atoms with van der Waals surface area (Å²) in [5.74, 6) is -0.498. The average molecular weight is 256 g/mol. The molecule has 1 rings (SSSR count). The van der Waals surface area contributed by atoms with E-state index in [1.807, 2.05) is 35.1 Å². The molecule has 0 atom stereocenters. The molecular formula is C11H16N2O3S. The van der Waals surface area contributed by atoms with Gasteiger partial charge in [-0.25, -0.2) is 4.72 Å². The molecule has 0 aromatic heterocycles. The first-order valence-corrected chi connectivity index (χ1v) is 6.63. The molecule has 94 valence electrons. The Kier molecular flexibility index (Phi) is 4.65. The van der Waals surface area contributed by atoms with Crippen LogP contribution in [0.1, 0.15) is 12.0 Å². The zero-order valence-corrected chi connectivity index (χ0v) is 10.7. The second-order valence-electron chi connectivity index (χ2n) is 3.80. The molecule has 0 bridgehead atoms. The van der Waals surface area contributed by atoms with E-state index in [4.69, 9.17) is 0 Å². The van der Waals surface area contributed by atoms with Crippen LogP contribution < -0.4 is 4.72 Å². The van der Waals surface area contributed by atoms with E-state index in [0.29, 0.717) is 6.42 Å². The summed E-state index contributed by atoms with van der Waals surface area (Å²) in [6, 6.07) is 9.44. The summed E-state index contributed by atoms with van der Waals surface area (Å²) in [4.78, 5) is 11.4. The first-order valence-electron chi connectivity index (χ1n) is 5.19. The van der Waals surface area contributed by atoms with E-state index in [0.717, 1.165) is 9.87 Å². The third-order valence-corrected chi connectivity index (χ3v) is 3.65. The van der Waals surface area contributed by atoms with Crippen LogP contribution in [0, 0.1) is 0 Å². The maximum Gasteiger partial charge on any atom is 0.303 e. The van der Waals surface area contributed by atoms with Crippen LogP contribution in [-0.4, -0.2) is 32.7 Å². The largest absolute Gasteiger partial charge is 0.303 e. The average Bonchev–Trinajstić information content (AvgIpc) is 2.27. The number of nitrogens with zero attached hydrogens (tertiary/aromatic N) is 1. The highest BCUT2D eigenvalue weighted by molar-refractivity contribution is 7.87. The predicted molar refractivity (Wildman–Crippen MR) is 65.5 cm³/mol. The van der Waals surface area contributed by atoms with Gasteiger partial charge < -0.3 is 0 Å². The van der Waals surface area contributed by atoms with Gasteiger partial charge in [0.2, 0.25) is 5.91 Å². The fraction of sp³-hybridized carbons (Fsp3) is 0.364. The lowest BCUT2D eigenvalue weighted by molar-refractivity contribution is -0.119. The Morgan fingerprint density at radius 2 is 1.82 bits per heavy atom. The van der Waals surface area contributed by atoms with E-state index in [1.54, 1.807) is 0 Å². The summed E-state index contributed by atoms with van der Waals surface area (Å²) in [6.45, 7) is 0. The van der Waals surface area contributed by atoms with Gasteiger partial charge >= 0.3 is 10.2 Å². The molecule has 17 heavy (non-hydrogen) atoms. The van der Waals surface area contributed by atoms with Crippen molar-refractivity contribution in [3.63, 3.8) is 0 Å². The van der Waals surface area contributed by atoms with E-state index >= 15 is 0 Å². The smallest absolute Gasteiger partial charge is 0.274 e. The van der Waals surface area contributed by atoms with Crippen molar-refractivity contribution < 1.29 is 13.2 Å². The van der Waals surface area contributed by atoms with Gasteiger partial charge in [0.15, 0.2) is 0 Å². The normalized spacial score (nSPS) is 11.5. The van der Waals surface area contributed by atoms with Gasteiger partial charge in [0.05, 0.1) is 0 Å². The monoisotopic (exact) mass is 256 g/mol. The molecule has 0 saturated carbocycles. The van der Waals surface area contributed by atoms with Crippen molar-refractivity contribution in [2.75, 3.05) is 14.1 Å². The molecule has 0 spiro atoms. The van der Waals surface area contributed by atoms with Crippen LogP contribution >= 0.6 is 0 Å². The highest BCUT2D eigenvalue weighted by Gasteiger charge is 2.16. The van der Waals surface area contributed by atoms with Gasteiger partial charge in [0.25, 0.3) is 0 Å². The van der Waals surface area contributed by atoms with Crippen molar-refractivity contribution in [2.24, 2.45) is 0 Å². The number of amides is 1. The Balaban J connectivity index is 2.47. The minimum absolute atomic E-state index is 0.150. The maximum absolute atomic E-state index is 11.4. The molecule has 0 radical (unpaired) electrons. The molecule has 0 unspecified atom stereocenters. The predicted octanol–water partition coefficient (Wildman–Crippen LogP) is 0.542. The molecule has 1 aromatic carbocycles. The lowest BCUT2D eigenvalue weighted by Gasteiger charge is -2.11. The van der Waals surface area contributed by atoms with Crippen molar-refractivity contribution in [3.8, 4) is 0 Å². The number of hydrogen-bond acceptors (Lipinski definition) is 3. The molecule has 0 fully saturated rings. The first kappa shape index (κ1) is 13.7. The third-order valence-electron chi connectivity index (χ3n) is 2.21. The number of carbonyl (C=O) groups is 1. The van der Waals surface area contributed by atoms with Crippen LogP contribution in [0.3, 0.4) is 0 Å². The number of rotatable bonds is 5. The molecule has 5 nitrogen and oxygen atoms in total. The molecule has 1 N–H and O–H groups in total. The fourth-order valence-corrected chi connectivity index (χ4v) is 1.76. The molecule has 0 saturated heterocycles. The lowest BCUT2D eigenvalue weighted by Crippen LogP contribution is -2.39. The summed E-state index contributed by atoms with van der Waals surface area (Å²) in [5, 5.41) is 0. The SMILES string of the molecule is CN(C)S(=O)(=O)NC(=O)CCc1ccccc1. The van der Waals surface area contributed by atoms with E-state index in [9.17, 15) is 13.2 Å². The van der Waals surface area contributed by atoms with Gasteiger partial charge in [0, 0.05) is 20.5 Å². The Hall–Kier alpha value is -1.40. The molecular weight excluding hydrogens is 240 g/mol. The first-order chi connectivity index (χ1) is 7.92. The van der Waals surface area contributed by atoms with Crippen LogP contribution in [0.5, 0.6) is 0 Å².